The standard InChI is InChI=1S/C33H22Cl3N3O3/c1-17-10-11-19(35)15-26(17)39-31(41)28-27-20-6-2-4-8-23(20)33(29(28)32(39)42,24-9-5-3-7-21(24)27)16-37-38-30(40)22-13-12-18(34)14-25(22)36/h2-16,27-29H,1H3,(H,38,40)/b37-16-/t27?,28-,29+,33?/m1/s1. The van der Waals surface area contributed by atoms with Crippen molar-refractivity contribution in [3.8, 4) is 0 Å². The van der Waals surface area contributed by atoms with Gasteiger partial charge in [0, 0.05) is 22.2 Å². The Hall–Kier alpha value is -3.97. The summed E-state index contributed by atoms with van der Waals surface area (Å²) in [6, 6.07) is 25.4. The van der Waals surface area contributed by atoms with Crippen LogP contribution in [0.25, 0.3) is 0 Å². The van der Waals surface area contributed by atoms with Gasteiger partial charge >= 0.3 is 0 Å². The highest BCUT2D eigenvalue weighted by Crippen LogP contribution is 2.63. The Morgan fingerprint density at radius 1 is 0.857 bits per heavy atom. The molecule has 1 fully saturated rings. The van der Waals surface area contributed by atoms with E-state index < -0.39 is 23.2 Å². The van der Waals surface area contributed by atoms with Gasteiger partial charge in [-0.05, 0) is 65.1 Å². The van der Waals surface area contributed by atoms with Crippen LogP contribution in [0.5, 0.6) is 0 Å². The Kier molecular flexibility index (Phi) is 6.28. The molecule has 9 heteroatoms. The zero-order valence-electron chi connectivity index (χ0n) is 22.1. The molecule has 6 nitrogen and oxygen atoms in total. The fraction of sp³-hybridized carbons (Fsp3) is 0.152. The van der Waals surface area contributed by atoms with E-state index in [4.69, 9.17) is 34.8 Å². The molecule has 2 atom stereocenters. The van der Waals surface area contributed by atoms with Gasteiger partial charge in [-0.1, -0.05) is 89.4 Å². The SMILES string of the molecule is Cc1ccc(Cl)cc1N1C(=O)[C@@H]2C3c4ccccc4C(/C=N\NC(=O)c4ccc(Cl)cc4Cl)(c4ccccc43)[C@@H]2C1=O. The summed E-state index contributed by atoms with van der Waals surface area (Å²) in [6.07, 6.45) is 1.61. The molecule has 0 spiro atoms. The highest BCUT2D eigenvalue weighted by atomic mass is 35.5. The third-order valence-electron chi connectivity index (χ3n) is 8.71. The number of hydrazone groups is 1. The number of hydrogen-bond acceptors (Lipinski definition) is 4. The summed E-state index contributed by atoms with van der Waals surface area (Å²) in [4.78, 5) is 43.2. The average Bonchev–Trinajstić information content (AvgIpc) is 3.25. The van der Waals surface area contributed by atoms with Gasteiger partial charge in [-0.2, -0.15) is 5.10 Å². The van der Waals surface area contributed by atoms with Crippen LogP contribution in [0, 0.1) is 18.8 Å². The lowest BCUT2D eigenvalue weighted by Crippen LogP contribution is -2.54. The van der Waals surface area contributed by atoms with Crippen LogP contribution in [0.2, 0.25) is 15.1 Å². The molecule has 4 aromatic rings. The van der Waals surface area contributed by atoms with Crippen molar-refractivity contribution in [3.05, 3.63) is 133 Å². The minimum absolute atomic E-state index is 0.186. The van der Waals surface area contributed by atoms with Crippen molar-refractivity contribution >= 4 is 64.4 Å². The van der Waals surface area contributed by atoms with Crippen LogP contribution in [0.1, 0.15) is 44.1 Å². The highest BCUT2D eigenvalue weighted by Gasteiger charge is 2.68. The van der Waals surface area contributed by atoms with E-state index in [0.717, 1.165) is 27.8 Å². The zero-order chi connectivity index (χ0) is 29.3. The summed E-state index contributed by atoms with van der Waals surface area (Å²) in [5.41, 5.74) is 6.57. The van der Waals surface area contributed by atoms with Crippen molar-refractivity contribution in [2.75, 3.05) is 4.90 Å². The van der Waals surface area contributed by atoms with E-state index in [-0.39, 0.29) is 28.3 Å². The number of aryl methyl sites for hydroxylation is 1. The number of imide groups is 1. The molecule has 0 saturated carbocycles. The Morgan fingerprint density at radius 3 is 2.14 bits per heavy atom. The maximum absolute atomic E-state index is 14.5. The molecule has 0 aromatic heterocycles. The van der Waals surface area contributed by atoms with E-state index in [1.165, 1.54) is 17.0 Å². The summed E-state index contributed by atoms with van der Waals surface area (Å²) >= 11 is 18.6. The minimum Gasteiger partial charge on any atom is -0.274 e. The second-order valence-electron chi connectivity index (χ2n) is 10.8. The summed E-state index contributed by atoms with van der Waals surface area (Å²) < 4.78 is 0. The lowest BCUT2D eigenvalue weighted by atomic mass is 9.47. The van der Waals surface area contributed by atoms with Crippen molar-refractivity contribution in [1.29, 1.82) is 0 Å². The molecule has 4 aliphatic rings. The molecule has 4 aromatic carbocycles. The molecule has 1 N–H and O–H groups in total. The second kappa shape index (κ2) is 9.80. The summed E-state index contributed by atoms with van der Waals surface area (Å²) in [5.74, 6) is -2.92. The number of carbonyl (C=O) groups excluding carboxylic acids is 3. The number of anilines is 1. The van der Waals surface area contributed by atoms with Crippen LogP contribution in [0.4, 0.5) is 5.69 Å². The van der Waals surface area contributed by atoms with Crippen molar-refractivity contribution in [2.24, 2.45) is 16.9 Å². The molecule has 3 aliphatic carbocycles. The molecule has 3 amide bonds. The van der Waals surface area contributed by atoms with Crippen LogP contribution < -0.4 is 10.3 Å². The molecular formula is C33H22Cl3N3O3. The number of amides is 3. The molecule has 2 bridgehead atoms. The predicted molar refractivity (Wildman–Crippen MR) is 164 cm³/mol. The van der Waals surface area contributed by atoms with Crippen molar-refractivity contribution in [3.63, 3.8) is 0 Å². The molecule has 0 unspecified atom stereocenters. The number of carbonyl (C=O) groups is 3. The largest absolute Gasteiger partial charge is 0.274 e. The molecule has 42 heavy (non-hydrogen) atoms. The molecule has 1 saturated heterocycles. The highest BCUT2D eigenvalue weighted by molar-refractivity contribution is 6.36. The molecule has 208 valence electrons. The van der Waals surface area contributed by atoms with Gasteiger partial charge in [-0.25, -0.2) is 10.3 Å². The smallest absolute Gasteiger partial charge is 0.272 e. The van der Waals surface area contributed by atoms with Crippen LogP contribution in [-0.4, -0.2) is 23.9 Å². The third-order valence-corrected chi connectivity index (χ3v) is 9.49. The van der Waals surface area contributed by atoms with Gasteiger partial charge in [0.15, 0.2) is 0 Å². The zero-order valence-corrected chi connectivity index (χ0v) is 24.4. The first-order chi connectivity index (χ1) is 20.2. The number of rotatable bonds is 4. The molecule has 8 rings (SSSR count). The lowest BCUT2D eigenvalue weighted by molar-refractivity contribution is -0.122. The van der Waals surface area contributed by atoms with E-state index in [1.54, 1.807) is 30.5 Å². The van der Waals surface area contributed by atoms with Crippen molar-refractivity contribution in [2.45, 2.75) is 18.3 Å². The Morgan fingerprint density at radius 2 is 1.48 bits per heavy atom. The predicted octanol–water partition coefficient (Wildman–Crippen LogP) is 6.92. The third kappa shape index (κ3) is 3.72. The number of nitrogens with one attached hydrogen (secondary N) is 1. The first kappa shape index (κ1) is 26.9. The van der Waals surface area contributed by atoms with Crippen LogP contribution in [-0.2, 0) is 15.0 Å². The Balaban J connectivity index is 1.40. The number of nitrogens with zero attached hydrogens (tertiary/aromatic N) is 2. The van der Waals surface area contributed by atoms with Crippen LogP contribution in [0.3, 0.4) is 0 Å². The second-order valence-corrected chi connectivity index (χ2v) is 12.1. The molecule has 0 radical (unpaired) electrons. The molecule has 1 aliphatic heterocycles. The van der Waals surface area contributed by atoms with Crippen molar-refractivity contribution in [1.82, 2.24) is 5.43 Å². The maximum atomic E-state index is 14.5. The van der Waals surface area contributed by atoms with Crippen LogP contribution >= 0.6 is 34.8 Å². The Labute approximate surface area is 256 Å². The number of halogens is 3. The fourth-order valence-corrected chi connectivity index (χ4v) is 7.70. The Bertz CT molecular complexity index is 1820. The van der Waals surface area contributed by atoms with Crippen LogP contribution in [0.15, 0.2) is 90.0 Å². The van der Waals surface area contributed by atoms with E-state index in [1.807, 2.05) is 55.5 Å². The van der Waals surface area contributed by atoms with Gasteiger partial charge in [0.1, 0.15) is 0 Å². The quantitative estimate of drug-likeness (QED) is 0.154. The maximum Gasteiger partial charge on any atom is 0.272 e. The number of benzene rings is 4. The van der Waals surface area contributed by atoms with Gasteiger partial charge in [0.2, 0.25) is 11.8 Å². The summed E-state index contributed by atoms with van der Waals surface area (Å²) in [7, 11) is 0. The van der Waals surface area contributed by atoms with Gasteiger partial charge in [-0.3, -0.25) is 14.4 Å². The van der Waals surface area contributed by atoms with E-state index in [2.05, 4.69) is 10.5 Å². The normalized spacial score (nSPS) is 23.6. The van der Waals surface area contributed by atoms with E-state index in [9.17, 15) is 14.4 Å². The topological polar surface area (TPSA) is 78.8 Å². The minimum atomic E-state index is -1.13. The first-order valence-electron chi connectivity index (χ1n) is 13.4. The first-order valence-corrected chi connectivity index (χ1v) is 14.5. The van der Waals surface area contributed by atoms with Gasteiger partial charge in [0.25, 0.3) is 5.91 Å². The van der Waals surface area contributed by atoms with E-state index >= 15 is 0 Å². The van der Waals surface area contributed by atoms with Gasteiger partial charge in [0.05, 0.1) is 33.5 Å². The lowest BCUT2D eigenvalue weighted by Gasteiger charge is -2.52. The summed E-state index contributed by atoms with van der Waals surface area (Å²) in [6.45, 7) is 1.85. The molecular weight excluding hydrogens is 593 g/mol. The molecule has 1 heterocycles. The van der Waals surface area contributed by atoms with Gasteiger partial charge in [-0.15, -0.1) is 0 Å². The van der Waals surface area contributed by atoms with Gasteiger partial charge < -0.3 is 0 Å². The fourth-order valence-electron chi connectivity index (χ4n) is 7.04. The average molecular weight is 615 g/mol. The summed E-state index contributed by atoms with van der Waals surface area (Å²) in [5, 5.41) is 5.45. The monoisotopic (exact) mass is 613 g/mol. The van der Waals surface area contributed by atoms with E-state index in [0.29, 0.717) is 15.7 Å². The number of hydrogen-bond donors (Lipinski definition) is 1. The van der Waals surface area contributed by atoms with Crippen molar-refractivity contribution < 1.29 is 14.4 Å².